The second-order valence-corrected chi connectivity index (χ2v) is 9.07. The van der Waals surface area contributed by atoms with Crippen molar-refractivity contribution >= 4 is 26.0 Å². The highest BCUT2D eigenvalue weighted by Gasteiger charge is 2.70. The van der Waals surface area contributed by atoms with E-state index in [0.29, 0.717) is 6.08 Å². The highest BCUT2D eigenvalue weighted by atomic mass is 32.3. The number of hydrogen-bond acceptors (Lipinski definition) is 9. The molecule has 1 aromatic carbocycles. The van der Waals surface area contributed by atoms with Gasteiger partial charge in [0.15, 0.2) is 5.78 Å². The highest BCUT2D eigenvalue weighted by molar-refractivity contribution is 8.05. The van der Waals surface area contributed by atoms with Crippen LogP contribution in [0.15, 0.2) is 47.7 Å². The Morgan fingerprint density at radius 3 is 1.86 bits per heavy atom. The van der Waals surface area contributed by atoms with Crippen LogP contribution in [0.3, 0.4) is 0 Å². The average molecular weight is 436 g/mol. The molecule has 0 atom stereocenters. The summed E-state index contributed by atoms with van der Waals surface area (Å²) in [7, 11) is -10.0. The summed E-state index contributed by atoms with van der Waals surface area (Å²) in [5.74, 6) is -5.70. The van der Waals surface area contributed by atoms with Crippen LogP contribution in [0.5, 0.6) is 5.75 Å². The van der Waals surface area contributed by atoms with Gasteiger partial charge in [-0.1, -0.05) is 12.1 Å². The largest absolute Gasteiger partial charge is 0.507 e. The van der Waals surface area contributed by atoms with E-state index in [0.717, 1.165) is 26.4 Å². The van der Waals surface area contributed by atoms with Gasteiger partial charge in [-0.25, -0.2) is 0 Å². The van der Waals surface area contributed by atoms with Gasteiger partial charge in [0.1, 0.15) is 11.5 Å². The Bertz CT molecular complexity index is 1040. The van der Waals surface area contributed by atoms with Crippen molar-refractivity contribution in [2.45, 2.75) is 9.87 Å². The maximum Gasteiger partial charge on any atom is 0.298 e. The summed E-state index contributed by atoms with van der Waals surface area (Å²) < 4.78 is 73.6. The lowest BCUT2D eigenvalue weighted by atomic mass is 9.92. The number of ketones is 1. The molecular formula is C15H16O11S2. The molecule has 0 saturated heterocycles. The van der Waals surface area contributed by atoms with Crippen LogP contribution in [0.25, 0.3) is 0 Å². The number of rotatable bonds is 6. The zero-order valence-corrected chi connectivity index (χ0v) is 16.1. The molecule has 4 N–H and O–H groups in total. The van der Waals surface area contributed by atoms with Gasteiger partial charge in [0.2, 0.25) is 5.79 Å². The van der Waals surface area contributed by atoms with Gasteiger partial charge < -0.3 is 19.7 Å². The van der Waals surface area contributed by atoms with Gasteiger partial charge in [0, 0.05) is 20.3 Å². The number of ether oxygens (including phenoxy) is 2. The van der Waals surface area contributed by atoms with E-state index in [1.165, 1.54) is 12.1 Å². The number of hydrogen-bond donors (Lipinski definition) is 4. The summed E-state index contributed by atoms with van der Waals surface area (Å²) in [6, 6.07) is 4.94. The highest BCUT2D eigenvalue weighted by Crippen LogP contribution is 2.46. The average Bonchev–Trinajstić information content (AvgIpc) is 2.59. The number of aliphatic hydroxyl groups is 1. The standard InChI is InChI=1S/C15H16O11S2/c1-25-14(26-2)8-12(17)10(13(18)9-5-3-4-6-11(9)16)7-15(14,27(19,20)21)28(22,23)24/h3-8,16-17H,1-2H3,(H,19,20,21)(H,22,23,24). The smallest absolute Gasteiger partial charge is 0.298 e. The quantitative estimate of drug-likeness (QED) is 0.275. The fraction of sp³-hybridized carbons (Fsp3) is 0.267. The molecule has 0 heterocycles. The Morgan fingerprint density at radius 2 is 1.43 bits per heavy atom. The number of aromatic hydroxyl groups is 1. The first-order valence-corrected chi connectivity index (χ1v) is 10.2. The summed E-state index contributed by atoms with van der Waals surface area (Å²) in [4.78, 5) is 12.7. The lowest BCUT2D eigenvalue weighted by Crippen LogP contribution is -2.64. The molecule has 28 heavy (non-hydrogen) atoms. The fourth-order valence-corrected chi connectivity index (χ4v) is 5.61. The molecule has 1 aromatic rings. The van der Waals surface area contributed by atoms with Crippen molar-refractivity contribution in [2.75, 3.05) is 14.2 Å². The molecule has 0 bridgehead atoms. The topological polar surface area (TPSA) is 185 Å². The minimum atomic E-state index is -5.79. The predicted octanol–water partition coefficient (Wildman–Crippen LogP) is 0.418. The molecule has 0 fully saturated rings. The molecule has 0 aromatic heterocycles. The number of Topliss-reactive ketones (excluding diaryl/α,β-unsaturated/α-hetero) is 1. The van der Waals surface area contributed by atoms with E-state index in [9.17, 15) is 40.9 Å². The van der Waals surface area contributed by atoms with E-state index in [1.54, 1.807) is 0 Å². The zero-order chi connectivity index (χ0) is 21.5. The van der Waals surface area contributed by atoms with Crippen molar-refractivity contribution in [3.8, 4) is 5.75 Å². The minimum Gasteiger partial charge on any atom is -0.507 e. The number of phenols is 1. The first-order valence-electron chi connectivity index (χ1n) is 7.30. The number of allylic oxidation sites excluding steroid dienone is 1. The fourth-order valence-electron chi connectivity index (χ4n) is 2.84. The van der Waals surface area contributed by atoms with Crippen molar-refractivity contribution in [1.82, 2.24) is 0 Å². The van der Waals surface area contributed by atoms with Crippen LogP contribution in [0.4, 0.5) is 0 Å². The molecule has 1 aliphatic carbocycles. The second kappa shape index (κ2) is 6.95. The van der Waals surface area contributed by atoms with Crippen LogP contribution < -0.4 is 0 Å². The molecule has 0 radical (unpaired) electrons. The Kier molecular flexibility index (Phi) is 5.46. The molecule has 1 aliphatic rings. The second-order valence-electron chi connectivity index (χ2n) is 5.63. The molecule has 0 amide bonds. The third-order valence-corrected chi connectivity index (χ3v) is 7.79. The molecular weight excluding hydrogens is 420 g/mol. The van der Waals surface area contributed by atoms with E-state index in [2.05, 4.69) is 0 Å². The first-order chi connectivity index (χ1) is 12.8. The Morgan fingerprint density at radius 1 is 0.929 bits per heavy atom. The van der Waals surface area contributed by atoms with Gasteiger partial charge in [-0.2, -0.15) is 16.8 Å². The van der Waals surface area contributed by atoms with Gasteiger partial charge in [-0.05, 0) is 18.2 Å². The van der Waals surface area contributed by atoms with Crippen LogP contribution in [0.1, 0.15) is 10.4 Å². The van der Waals surface area contributed by atoms with E-state index in [4.69, 9.17) is 9.47 Å². The number of aliphatic hydroxyl groups excluding tert-OH is 1. The monoisotopic (exact) mass is 436 g/mol. The van der Waals surface area contributed by atoms with Crippen LogP contribution >= 0.6 is 0 Å². The number of para-hydroxylation sites is 1. The number of carbonyl (C=O) groups is 1. The van der Waals surface area contributed by atoms with Crippen molar-refractivity contribution in [3.63, 3.8) is 0 Å². The van der Waals surface area contributed by atoms with Crippen molar-refractivity contribution in [1.29, 1.82) is 0 Å². The number of carbonyl (C=O) groups excluding carboxylic acids is 1. The SMILES string of the molecule is COC1(OC)C=C(O)C(C(=O)c2ccccc2O)=CC1(S(=O)(=O)O)S(=O)(=O)O. The number of methoxy groups -OCH3 is 2. The van der Waals surface area contributed by atoms with E-state index in [1.807, 2.05) is 0 Å². The van der Waals surface area contributed by atoms with Gasteiger partial charge in [-0.15, -0.1) is 0 Å². The third kappa shape index (κ3) is 3.01. The van der Waals surface area contributed by atoms with Gasteiger partial charge in [-0.3, -0.25) is 13.9 Å². The molecule has 0 aliphatic heterocycles. The Labute approximate surface area is 160 Å². The van der Waals surface area contributed by atoms with Crippen molar-refractivity contribution < 1.29 is 50.4 Å². The number of phenolic OH excluding ortho intramolecular Hbond substituents is 1. The predicted molar refractivity (Wildman–Crippen MR) is 93.8 cm³/mol. The minimum absolute atomic E-state index is 0.0920. The Hall–Kier alpha value is -2.29. The van der Waals surface area contributed by atoms with E-state index in [-0.39, 0.29) is 6.08 Å². The summed E-state index contributed by atoms with van der Waals surface area (Å²) in [5.41, 5.74) is -1.38. The molecule has 13 heteroatoms. The van der Waals surface area contributed by atoms with Crippen LogP contribution in [-0.2, 0) is 29.7 Å². The summed E-state index contributed by atoms with van der Waals surface area (Å²) >= 11 is 0. The van der Waals surface area contributed by atoms with Crippen LogP contribution in [0, 0.1) is 0 Å². The van der Waals surface area contributed by atoms with Gasteiger partial charge in [0.05, 0.1) is 11.1 Å². The van der Waals surface area contributed by atoms with Crippen LogP contribution in [0.2, 0.25) is 0 Å². The summed E-state index contributed by atoms with van der Waals surface area (Å²) in [6.07, 6.45) is 0.483. The van der Waals surface area contributed by atoms with Crippen molar-refractivity contribution in [3.05, 3.63) is 53.3 Å². The lowest BCUT2D eigenvalue weighted by Gasteiger charge is -2.42. The zero-order valence-electron chi connectivity index (χ0n) is 14.4. The van der Waals surface area contributed by atoms with E-state index < -0.39 is 58.5 Å². The van der Waals surface area contributed by atoms with Crippen LogP contribution in [-0.4, -0.2) is 66.0 Å². The molecule has 2 rings (SSSR count). The molecule has 0 spiro atoms. The maximum atomic E-state index is 12.7. The van der Waals surface area contributed by atoms with Crippen molar-refractivity contribution in [2.24, 2.45) is 0 Å². The first kappa shape index (κ1) is 22.0. The Balaban J connectivity index is 2.95. The molecule has 154 valence electrons. The third-order valence-electron chi connectivity index (χ3n) is 4.19. The van der Waals surface area contributed by atoms with Gasteiger partial charge >= 0.3 is 0 Å². The summed E-state index contributed by atoms with van der Waals surface area (Å²) in [5, 5.41) is 20.0. The molecule has 0 saturated carbocycles. The molecule has 0 unspecified atom stereocenters. The maximum absolute atomic E-state index is 12.7. The number of benzene rings is 1. The van der Waals surface area contributed by atoms with Gasteiger partial charge in [0.25, 0.3) is 24.3 Å². The normalized spacial score (nSPS) is 18.9. The van der Waals surface area contributed by atoms with E-state index >= 15 is 0 Å². The lowest BCUT2D eigenvalue weighted by molar-refractivity contribution is -0.175. The molecule has 11 nitrogen and oxygen atoms in total. The summed E-state index contributed by atoms with van der Waals surface area (Å²) in [6.45, 7) is 0.